The molecule has 4 heterocycles. The molecular weight excluding hydrogens is 300 g/mol. The molecule has 0 spiro atoms. The molecule has 1 aromatic rings. The SMILES string of the molecule is O=C1[C@@H]2CC[C@@H](CN(CCn3cc(Cl)cn3)C2)N1CC1CC1. The highest BCUT2D eigenvalue weighted by Gasteiger charge is 2.42. The molecule has 4 aliphatic rings. The molecule has 4 fully saturated rings. The van der Waals surface area contributed by atoms with E-state index in [1.165, 1.54) is 19.3 Å². The molecule has 0 unspecified atom stereocenters. The summed E-state index contributed by atoms with van der Waals surface area (Å²) in [4.78, 5) is 17.3. The first-order chi connectivity index (χ1) is 10.7. The summed E-state index contributed by atoms with van der Waals surface area (Å²) in [5, 5.41) is 4.92. The number of carbonyl (C=O) groups is 1. The summed E-state index contributed by atoms with van der Waals surface area (Å²) in [6, 6.07) is 0.424. The van der Waals surface area contributed by atoms with Gasteiger partial charge in [0.2, 0.25) is 5.91 Å². The third kappa shape index (κ3) is 3.01. The zero-order valence-corrected chi connectivity index (χ0v) is 13.6. The van der Waals surface area contributed by atoms with Crippen LogP contribution in [0, 0.1) is 11.8 Å². The van der Waals surface area contributed by atoms with Crippen LogP contribution in [0.5, 0.6) is 0 Å². The molecule has 0 N–H and O–H groups in total. The largest absolute Gasteiger partial charge is 0.338 e. The van der Waals surface area contributed by atoms with E-state index < -0.39 is 0 Å². The Kier molecular flexibility index (Phi) is 3.86. The van der Waals surface area contributed by atoms with Gasteiger partial charge in [-0.1, -0.05) is 11.6 Å². The van der Waals surface area contributed by atoms with Gasteiger partial charge in [0.25, 0.3) is 0 Å². The lowest BCUT2D eigenvalue weighted by Gasteiger charge is -2.36. The number of hydrogen-bond donors (Lipinski definition) is 0. The monoisotopic (exact) mass is 322 g/mol. The molecule has 1 saturated carbocycles. The van der Waals surface area contributed by atoms with Crippen molar-refractivity contribution in [3.05, 3.63) is 17.4 Å². The summed E-state index contributed by atoms with van der Waals surface area (Å²) >= 11 is 5.91. The van der Waals surface area contributed by atoms with Crippen molar-refractivity contribution in [2.45, 2.75) is 38.3 Å². The summed E-state index contributed by atoms with van der Waals surface area (Å²) in [7, 11) is 0. The van der Waals surface area contributed by atoms with E-state index in [1.807, 2.05) is 10.9 Å². The summed E-state index contributed by atoms with van der Waals surface area (Å²) < 4.78 is 1.89. The smallest absolute Gasteiger partial charge is 0.227 e. The summed E-state index contributed by atoms with van der Waals surface area (Å²) in [5.74, 6) is 1.40. The summed E-state index contributed by atoms with van der Waals surface area (Å²) in [6.07, 6.45) is 8.39. The van der Waals surface area contributed by atoms with Crippen molar-refractivity contribution in [2.75, 3.05) is 26.2 Å². The Hall–Kier alpha value is -1.07. The number of hydrogen-bond acceptors (Lipinski definition) is 3. The fourth-order valence-corrected chi connectivity index (χ4v) is 3.99. The molecule has 22 heavy (non-hydrogen) atoms. The highest BCUT2D eigenvalue weighted by Crippen LogP contribution is 2.35. The van der Waals surface area contributed by atoms with Crippen LogP contribution in [0.4, 0.5) is 0 Å². The Morgan fingerprint density at radius 3 is 2.77 bits per heavy atom. The molecule has 0 radical (unpaired) electrons. The fourth-order valence-electron chi connectivity index (χ4n) is 3.84. The Labute approximate surface area is 136 Å². The maximum atomic E-state index is 12.7. The Bertz CT molecular complexity index is 556. The highest BCUT2D eigenvalue weighted by molar-refractivity contribution is 6.30. The van der Waals surface area contributed by atoms with E-state index in [4.69, 9.17) is 11.6 Å². The number of halogens is 1. The molecule has 1 amide bonds. The predicted molar refractivity (Wildman–Crippen MR) is 84.6 cm³/mol. The number of rotatable bonds is 5. The molecule has 3 saturated heterocycles. The second-order valence-corrected chi connectivity index (χ2v) is 7.48. The van der Waals surface area contributed by atoms with Crippen molar-refractivity contribution in [3.63, 3.8) is 0 Å². The first kappa shape index (κ1) is 14.5. The minimum atomic E-state index is 0.207. The van der Waals surface area contributed by atoms with Gasteiger partial charge in [0.15, 0.2) is 0 Å². The van der Waals surface area contributed by atoms with Crippen LogP contribution in [0.25, 0.3) is 0 Å². The molecule has 1 aliphatic carbocycles. The van der Waals surface area contributed by atoms with Crippen LogP contribution in [0.15, 0.2) is 12.4 Å². The Morgan fingerprint density at radius 2 is 2.05 bits per heavy atom. The predicted octanol–water partition coefficient (Wildman–Crippen LogP) is 1.87. The number of amides is 1. The van der Waals surface area contributed by atoms with Crippen molar-refractivity contribution in [1.29, 1.82) is 0 Å². The van der Waals surface area contributed by atoms with Crippen LogP contribution >= 0.6 is 11.6 Å². The molecule has 120 valence electrons. The van der Waals surface area contributed by atoms with Crippen LogP contribution in [0.3, 0.4) is 0 Å². The maximum absolute atomic E-state index is 12.7. The second-order valence-electron chi connectivity index (χ2n) is 7.04. The third-order valence-corrected chi connectivity index (χ3v) is 5.46. The van der Waals surface area contributed by atoms with Gasteiger partial charge in [0, 0.05) is 38.4 Å². The molecule has 6 heteroatoms. The van der Waals surface area contributed by atoms with E-state index in [9.17, 15) is 4.79 Å². The van der Waals surface area contributed by atoms with E-state index >= 15 is 0 Å². The van der Waals surface area contributed by atoms with Gasteiger partial charge in [0.1, 0.15) is 0 Å². The molecule has 3 aliphatic heterocycles. The Morgan fingerprint density at radius 1 is 1.18 bits per heavy atom. The molecule has 0 aromatic carbocycles. The van der Waals surface area contributed by atoms with Gasteiger partial charge >= 0.3 is 0 Å². The van der Waals surface area contributed by atoms with Gasteiger partial charge in [-0.2, -0.15) is 5.10 Å². The van der Waals surface area contributed by atoms with Crippen LogP contribution in [-0.4, -0.2) is 57.7 Å². The van der Waals surface area contributed by atoms with Crippen LogP contribution in [-0.2, 0) is 11.3 Å². The van der Waals surface area contributed by atoms with Crippen LogP contribution < -0.4 is 0 Å². The van der Waals surface area contributed by atoms with Crippen molar-refractivity contribution in [2.24, 2.45) is 11.8 Å². The molecule has 2 bridgehead atoms. The molecular formula is C16H23ClN4O. The standard InChI is InChI=1S/C16H23ClN4O/c17-14-7-18-20(10-14)6-5-19-9-13-3-4-15(11-19)21(16(13)22)8-12-1-2-12/h7,10,12-13,15H,1-6,8-9,11H2/t13-,15+/m1/s1. The lowest BCUT2D eigenvalue weighted by atomic mass is 9.94. The molecule has 1 aromatic heterocycles. The quantitative estimate of drug-likeness (QED) is 0.831. The van der Waals surface area contributed by atoms with Crippen molar-refractivity contribution < 1.29 is 4.79 Å². The van der Waals surface area contributed by atoms with Gasteiger partial charge in [-0.05, 0) is 31.6 Å². The van der Waals surface area contributed by atoms with Gasteiger partial charge in [-0.15, -0.1) is 0 Å². The molecule has 2 atom stereocenters. The van der Waals surface area contributed by atoms with Crippen LogP contribution in [0.1, 0.15) is 25.7 Å². The fraction of sp³-hybridized carbons (Fsp3) is 0.750. The highest BCUT2D eigenvalue weighted by atomic mass is 35.5. The lowest BCUT2D eigenvalue weighted by molar-refractivity contribution is -0.140. The van der Waals surface area contributed by atoms with Crippen molar-refractivity contribution >= 4 is 17.5 Å². The zero-order chi connectivity index (χ0) is 15.1. The molecule has 5 rings (SSSR count). The van der Waals surface area contributed by atoms with Gasteiger partial charge in [-0.3, -0.25) is 14.4 Å². The maximum Gasteiger partial charge on any atom is 0.227 e. The zero-order valence-electron chi connectivity index (χ0n) is 12.8. The third-order valence-electron chi connectivity index (χ3n) is 5.27. The van der Waals surface area contributed by atoms with Crippen molar-refractivity contribution in [3.8, 4) is 0 Å². The number of nitrogens with zero attached hydrogens (tertiary/aromatic N) is 4. The minimum Gasteiger partial charge on any atom is -0.338 e. The number of aromatic nitrogens is 2. The second kappa shape index (κ2) is 5.85. The number of piperidine rings is 1. The average molecular weight is 323 g/mol. The normalized spacial score (nSPS) is 29.1. The van der Waals surface area contributed by atoms with Crippen molar-refractivity contribution in [1.82, 2.24) is 19.6 Å². The van der Waals surface area contributed by atoms with E-state index in [0.29, 0.717) is 17.0 Å². The minimum absolute atomic E-state index is 0.207. The lowest BCUT2D eigenvalue weighted by Crippen LogP contribution is -2.48. The summed E-state index contributed by atoms with van der Waals surface area (Å²) in [6.45, 7) is 4.70. The first-order valence-electron chi connectivity index (χ1n) is 8.40. The van der Waals surface area contributed by atoms with Gasteiger partial charge in [-0.25, -0.2) is 0 Å². The number of fused-ring (bicyclic) bond motifs is 4. The Balaban J connectivity index is 1.39. The topological polar surface area (TPSA) is 41.4 Å². The molecule has 5 nitrogen and oxygen atoms in total. The number of carbonyl (C=O) groups excluding carboxylic acids is 1. The van der Waals surface area contributed by atoms with Crippen LogP contribution in [0.2, 0.25) is 5.02 Å². The van der Waals surface area contributed by atoms with Gasteiger partial charge < -0.3 is 4.90 Å². The average Bonchev–Trinajstić information content (AvgIpc) is 3.27. The first-order valence-corrected chi connectivity index (χ1v) is 8.77. The van der Waals surface area contributed by atoms with E-state index in [0.717, 1.165) is 45.1 Å². The van der Waals surface area contributed by atoms with E-state index in [2.05, 4.69) is 14.9 Å². The van der Waals surface area contributed by atoms with Gasteiger partial charge in [0.05, 0.1) is 23.7 Å². The summed E-state index contributed by atoms with van der Waals surface area (Å²) in [5.41, 5.74) is 0. The van der Waals surface area contributed by atoms with E-state index in [-0.39, 0.29) is 5.92 Å². The van der Waals surface area contributed by atoms with E-state index in [1.54, 1.807) is 6.20 Å².